The Hall–Kier alpha value is -0.390. The van der Waals surface area contributed by atoms with Gasteiger partial charge >= 0.3 is 0 Å². The summed E-state index contributed by atoms with van der Waals surface area (Å²) < 4.78 is 23.9. The van der Waals surface area contributed by atoms with E-state index < -0.39 is 15.4 Å². The van der Waals surface area contributed by atoms with Crippen LogP contribution in [0.5, 0.6) is 0 Å². The average Bonchev–Trinajstić information content (AvgIpc) is 2.18. The molecule has 0 amide bonds. The summed E-state index contributed by atoms with van der Waals surface area (Å²) >= 11 is 3.18. The lowest BCUT2D eigenvalue weighted by molar-refractivity contribution is 0.0841. The normalized spacial score (nSPS) is 28.8. The predicted molar refractivity (Wildman–Crippen MR) is 55.8 cm³/mol. The van der Waals surface area contributed by atoms with Gasteiger partial charge in [-0.1, -0.05) is 12.1 Å². The Balaban J connectivity index is 2.86. The molecule has 0 saturated carbocycles. The van der Waals surface area contributed by atoms with Crippen molar-refractivity contribution >= 4 is 25.8 Å². The summed E-state index contributed by atoms with van der Waals surface area (Å²) in [5, 5.41) is 9.91. The van der Waals surface area contributed by atoms with Crippen LogP contribution >= 0.6 is 15.9 Å². The number of benzene rings is 1. The van der Waals surface area contributed by atoms with Gasteiger partial charge in [0.25, 0.3) is 0 Å². The summed E-state index contributed by atoms with van der Waals surface area (Å²) in [4.78, 5) is 0.227. The third-order valence-corrected chi connectivity index (χ3v) is 5.26. The maximum Gasteiger partial charge on any atom is 0.183 e. The first-order valence-electron chi connectivity index (χ1n) is 4.09. The number of hydrogen-bond donors (Lipinski definition) is 1. The van der Waals surface area contributed by atoms with Gasteiger partial charge in [-0.25, -0.2) is 8.42 Å². The van der Waals surface area contributed by atoms with E-state index in [4.69, 9.17) is 0 Å². The Kier molecular flexibility index (Phi) is 2.03. The fourth-order valence-corrected chi connectivity index (χ4v) is 4.90. The van der Waals surface area contributed by atoms with Crippen molar-refractivity contribution in [3.8, 4) is 0 Å². The molecule has 76 valence electrons. The van der Waals surface area contributed by atoms with Crippen molar-refractivity contribution in [2.45, 2.75) is 17.4 Å². The molecule has 0 saturated heterocycles. The molecule has 3 nitrogen and oxygen atoms in total. The second-order valence-electron chi connectivity index (χ2n) is 3.65. The van der Waals surface area contributed by atoms with E-state index in [0.717, 1.165) is 0 Å². The summed E-state index contributed by atoms with van der Waals surface area (Å²) in [6, 6.07) is 5.03. The Morgan fingerprint density at radius 1 is 1.50 bits per heavy atom. The van der Waals surface area contributed by atoms with Crippen LogP contribution in [0.3, 0.4) is 0 Å². The summed E-state index contributed by atoms with van der Waals surface area (Å²) in [5.74, 6) is -0.238. The largest absolute Gasteiger partial charge is 0.384 e. The molecule has 14 heavy (non-hydrogen) atoms. The predicted octanol–water partition coefficient (Wildman–Crippen LogP) is 1.44. The Bertz CT molecular complexity index is 491. The third-order valence-electron chi connectivity index (χ3n) is 2.33. The lowest BCUT2D eigenvalue weighted by Gasteiger charge is -2.14. The molecule has 0 aliphatic carbocycles. The van der Waals surface area contributed by atoms with Crippen molar-refractivity contribution in [1.29, 1.82) is 0 Å². The first-order valence-corrected chi connectivity index (χ1v) is 6.53. The molecular formula is C9H9BrO3S. The summed E-state index contributed by atoms with van der Waals surface area (Å²) in [7, 11) is -3.34. The summed E-state index contributed by atoms with van der Waals surface area (Å²) in [6.45, 7) is 1.52. The molecule has 1 aliphatic heterocycles. The molecule has 1 aromatic carbocycles. The van der Waals surface area contributed by atoms with Gasteiger partial charge in [0.15, 0.2) is 9.84 Å². The molecule has 0 aromatic heterocycles. The zero-order chi connectivity index (χ0) is 10.6. The Morgan fingerprint density at radius 2 is 2.14 bits per heavy atom. The first-order chi connectivity index (χ1) is 6.34. The van der Waals surface area contributed by atoms with Crippen molar-refractivity contribution in [2.24, 2.45) is 0 Å². The Morgan fingerprint density at radius 3 is 2.71 bits per heavy atom. The maximum atomic E-state index is 11.7. The molecular weight excluding hydrogens is 268 g/mol. The van der Waals surface area contributed by atoms with Gasteiger partial charge in [-0.05, 0) is 28.9 Å². The van der Waals surface area contributed by atoms with Crippen LogP contribution in [0.2, 0.25) is 0 Å². The van der Waals surface area contributed by atoms with Gasteiger partial charge in [-0.3, -0.25) is 0 Å². The Labute approximate surface area is 90.8 Å². The van der Waals surface area contributed by atoms with E-state index >= 15 is 0 Å². The van der Waals surface area contributed by atoms with Crippen LogP contribution in [-0.2, 0) is 15.4 Å². The number of aliphatic hydroxyl groups is 1. The lowest BCUT2D eigenvalue weighted by atomic mass is 9.99. The second kappa shape index (κ2) is 2.81. The van der Waals surface area contributed by atoms with Gasteiger partial charge in [0, 0.05) is 10.0 Å². The van der Waals surface area contributed by atoms with Crippen molar-refractivity contribution in [2.75, 3.05) is 5.75 Å². The quantitative estimate of drug-likeness (QED) is 0.780. The van der Waals surface area contributed by atoms with Gasteiger partial charge in [-0.15, -0.1) is 0 Å². The smallest absolute Gasteiger partial charge is 0.183 e. The topological polar surface area (TPSA) is 54.4 Å². The van der Waals surface area contributed by atoms with Crippen molar-refractivity contribution < 1.29 is 13.5 Å². The highest BCUT2D eigenvalue weighted by atomic mass is 79.9. The van der Waals surface area contributed by atoms with Crippen LogP contribution in [0, 0.1) is 0 Å². The first kappa shape index (κ1) is 10.1. The number of rotatable bonds is 0. The third kappa shape index (κ3) is 1.31. The number of hydrogen-bond acceptors (Lipinski definition) is 3. The van der Waals surface area contributed by atoms with E-state index in [9.17, 15) is 13.5 Å². The minimum Gasteiger partial charge on any atom is -0.384 e. The molecule has 2 rings (SSSR count). The molecule has 1 unspecified atom stereocenters. The number of halogens is 1. The summed E-state index contributed by atoms with van der Waals surface area (Å²) in [6.07, 6.45) is 0. The zero-order valence-corrected chi connectivity index (χ0v) is 9.89. The highest BCUT2D eigenvalue weighted by Crippen LogP contribution is 2.41. The van der Waals surface area contributed by atoms with Crippen molar-refractivity contribution in [1.82, 2.24) is 0 Å². The van der Waals surface area contributed by atoms with Gasteiger partial charge in [0.1, 0.15) is 5.60 Å². The van der Waals surface area contributed by atoms with Gasteiger partial charge < -0.3 is 5.11 Å². The van der Waals surface area contributed by atoms with Gasteiger partial charge in [0.05, 0.1) is 10.6 Å². The second-order valence-corrected chi connectivity index (χ2v) is 6.43. The minimum absolute atomic E-state index is 0.227. The van der Waals surface area contributed by atoms with Crippen LogP contribution in [0.1, 0.15) is 12.5 Å². The van der Waals surface area contributed by atoms with E-state index in [-0.39, 0.29) is 10.6 Å². The standard InChI is InChI=1S/C9H9BrO3S/c1-9(11)5-14(12,13)8-6(9)3-2-4-7(8)10/h2-4,11H,5H2,1H3. The monoisotopic (exact) mass is 276 g/mol. The zero-order valence-electron chi connectivity index (χ0n) is 7.49. The van der Waals surface area contributed by atoms with E-state index in [0.29, 0.717) is 10.0 Å². The molecule has 0 radical (unpaired) electrons. The van der Waals surface area contributed by atoms with E-state index in [2.05, 4.69) is 15.9 Å². The van der Waals surface area contributed by atoms with E-state index in [1.54, 1.807) is 18.2 Å². The fraction of sp³-hybridized carbons (Fsp3) is 0.333. The molecule has 0 bridgehead atoms. The fourth-order valence-electron chi connectivity index (χ4n) is 1.77. The highest BCUT2D eigenvalue weighted by molar-refractivity contribution is 9.10. The van der Waals surface area contributed by atoms with E-state index in [1.807, 2.05) is 0 Å². The molecule has 1 atom stereocenters. The van der Waals surface area contributed by atoms with Crippen LogP contribution in [0.15, 0.2) is 27.6 Å². The maximum absolute atomic E-state index is 11.7. The molecule has 1 heterocycles. The summed E-state index contributed by atoms with van der Waals surface area (Å²) in [5.41, 5.74) is -0.787. The molecule has 1 aliphatic rings. The van der Waals surface area contributed by atoms with Crippen molar-refractivity contribution in [3.05, 3.63) is 28.2 Å². The van der Waals surface area contributed by atoms with Crippen LogP contribution in [-0.4, -0.2) is 19.3 Å². The molecule has 5 heteroatoms. The number of sulfone groups is 1. The molecule has 0 fully saturated rings. The van der Waals surface area contributed by atoms with Crippen molar-refractivity contribution in [3.63, 3.8) is 0 Å². The van der Waals surface area contributed by atoms with Gasteiger partial charge in [-0.2, -0.15) is 0 Å². The average molecular weight is 277 g/mol. The van der Waals surface area contributed by atoms with E-state index in [1.165, 1.54) is 6.92 Å². The van der Waals surface area contributed by atoms with Gasteiger partial charge in [0.2, 0.25) is 0 Å². The van der Waals surface area contributed by atoms with Crippen LogP contribution in [0.4, 0.5) is 0 Å². The van der Waals surface area contributed by atoms with Crippen LogP contribution < -0.4 is 0 Å². The number of fused-ring (bicyclic) bond motifs is 1. The minimum atomic E-state index is -3.34. The molecule has 1 aromatic rings. The van der Waals surface area contributed by atoms with Crippen LogP contribution in [0.25, 0.3) is 0 Å². The lowest BCUT2D eigenvalue weighted by Crippen LogP contribution is -2.22. The SMILES string of the molecule is CC1(O)CS(=O)(=O)c2c(Br)cccc21. The molecule has 1 N–H and O–H groups in total. The molecule has 0 spiro atoms. The highest BCUT2D eigenvalue weighted by Gasteiger charge is 2.43.